The van der Waals surface area contributed by atoms with E-state index in [2.05, 4.69) is 5.32 Å². The molecule has 1 aliphatic heterocycles. The van der Waals surface area contributed by atoms with Gasteiger partial charge in [-0.25, -0.2) is 4.79 Å². The molecule has 3 amide bonds. The first-order chi connectivity index (χ1) is 18.2. The molecule has 3 aromatic rings. The Kier molecular flexibility index (Phi) is 8.41. The molecular formula is C26H26F3N3O6. The number of urea groups is 1. The second kappa shape index (κ2) is 11.9. The van der Waals surface area contributed by atoms with Crippen molar-refractivity contribution in [2.75, 3.05) is 38.9 Å². The number of carbonyl (C=O) groups excluding carboxylic acids is 2. The number of hydrogen-bond donors (Lipinski definition) is 1. The number of hydrogen-bond acceptors (Lipinski definition) is 6. The Bertz CT molecular complexity index is 1250. The fraction of sp³-hybridized carbons (Fsp3) is 0.308. The molecule has 0 saturated carbocycles. The number of anilines is 1. The monoisotopic (exact) mass is 533 g/mol. The molecule has 0 radical (unpaired) electrons. The number of benzene rings is 2. The largest absolute Gasteiger partial charge is 0.467 e. The van der Waals surface area contributed by atoms with E-state index in [9.17, 15) is 22.8 Å². The minimum atomic E-state index is -4.56. The molecule has 1 aliphatic rings. The number of alkyl halides is 3. The third kappa shape index (κ3) is 6.97. The van der Waals surface area contributed by atoms with Gasteiger partial charge in [-0.05, 0) is 48.0 Å². The summed E-state index contributed by atoms with van der Waals surface area (Å²) in [4.78, 5) is 29.1. The molecule has 2 heterocycles. The van der Waals surface area contributed by atoms with Crippen molar-refractivity contribution in [2.24, 2.45) is 0 Å². The van der Waals surface area contributed by atoms with Gasteiger partial charge in [-0.2, -0.15) is 13.2 Å². The first-order valence-electron chi connectivity index (χ1n) is 11.6. The maximum Gasteiger partial charge on any atom is 0.416 e. The molecule has 0 saturated heterocycles. The van der Waals surface area contributed by atoms with Crippen LogP contribution in [0, 0.1) is 0 Å². The highest BCUT2D eigenvalue weighted by molar-refractivity contribution is 5.92. The minimum absolute atomic E-state index is 0.0334. The number of nitrogens with zero attached hydrogens (tertiary/aromatic N) is 2. The Hall–Kier alpha value is -4.19. The molecule has 0 bridgehead atoms. The van der Waals surface area contributed by atoms with Crippen LogP contribution in [0.15, 0.2) is 65.3 Å². The smallest absolute Gasteiger partial charge is 0.416 e. The predicted octanol–water partition coefficient (Wildman–Crippen LogP) is 4.74. The van der Waals surface area contributed by atoms with Crippen LogP contribution in [-0.2, 0) is 28.8 Å². The van der Waals surface area contributed by atoms with E-state index >= 15 is 0 Å². The van der Waals surface area contributed by atoms with E-state index in [1.54, 1.807) is 30.3 Å². The Morgan fingerprint density at radius 1 is 1.00 bits per heavy atom. The van der Waals surface area contributed by atoms with E-state index < -0.39 is 23.7 Å². The van der Waals surface area contributed by atoms with Crippen LogP contribution in [0.3, 0.4) is 0 Å². The Morgan fingerprint density at radius 3 is 2.55 bits per heavy atom. The van der Waals surface area contributed by atoms with Crippen molar-refractivity contribution in [1.82, 2.24) is 9.80 Å². The molecular weight excluding hydrogens is 507 g/mol. The average molecular weight is 534 g/mol. The zero-order valence-corrected chi connectivity index (χ0v) is 20.5. The van der Waals surface area contributed by atoms with Gasteiger partial charge in [0.15, 0.2) is 11.5 Å². The normalized spacial score (nSPS) is 12.3. The van der Waals surface area contributed by atoms with Crippen LogP contribution in [0.25, 0.3) is 0 Å². The highest BCUT2D eigenvalue weighted by atomic mass is 19.4. The summed E-state index contributed by atoms with van der Waals surface area (Å²) in [7, 11) is 1.44. The van der Waals surface area contributed by atoms with Gasteiger partial charge in [-0.15, -0.1) is 0 Å². The Balaban J connectivity index is 1.50. The summed E-state index contributed by atoms with van der Waals surface area (Å²) in [5.74, 6) is 1.30. The van der Waals surface area contributed by atoms with E-state index in [4.69, 9.17) is 18.6 Å². The van der Waals surface area contributed by atoms with Gasteiger partial charge in [0.25, 0.3) is 0 Å². The van der Waals surface area contributed by atoms with Crippen molar-refractivity contribution in [3.8, 4) is 11.5 Å². The summed E-state index contributed by atoms with van der Waals surface area (Å²) in [5.41, 5.74) is -0.179. The molecule has 9 nitrogen and oxygen atoms in total. The van der Waals surface area contributed by atoms with Crippen LogP contribution in [0.5, 0.6) is 11.5 Å². The SMILES string of the molecule is COCCN(CC(=O)N(Cc1ccc2c(c1)OCO2)Cc1ccco1)C(=O)Nc1cccc(C(F)(F)F)c1. The van der Waals surface area contributed by atoms with E-state index in [1.807, 2.05) is 0 Å². The number of carbonyl (C=O) groups is 2. The maximum absolute atomic E-state index is 13.4. The molecule has 1 aromatic heterocycles. The lowest BCUT2D eigenvalue weighted by Crippen LogP contribution is -2.45. The maximum atomic E-state index is 13.4. The van der Waals surface area contributed by atoms with Gasteiger partial charge in [-0.3, -0.25) is 4.79 Å². The van der Waals surface area contributed by atoms with E-state index in [0.717, 1.165) is 17.7 Å². The molecule has 1 N–H and O–H groups in total. The van der Waals surface area contributed by atoms with E-state index in [-0.39, 0.29) is 45.3 Å². The van der Waals surface area contributed by atoms with E-state index in [0.29, 0.717) is 17.3 Å². The molecule has 2 aromatic carbocycles. The van der Waals surface area contributed by atoms with Crippen molar-refractivity contribution in [1.29, 1.82) is 0 Å². The summed E-state index contributed by atoms with van der Waals surface area (Å²) in [5, 5.41) is 2.44. The first kappa shape index (κ1) is 26.9. The standard InChI is InChI=1S/C26H26F3N3O6/c1-35-11-9-31(25(34)30-20-5-2-4-19(13-20)26(27,28)29)16-24(33)32(15-21-6-3-10-36-21)14-18-7-8-22-23(12-18)38-17-37-22/h2-8,10,12-13H,9,11,14-17H2,1H3,(H,30,34). The summed E-state index contributed by atoms with van der Waals surface area (Å²) in [6.45, 7) is 0.231. The number of fused-ring (bicyclic) bond motifs is 1. The van der Waals surface area contributed by atoms with Gasteiger partial charge in [0.05, 0.1) is 25.0 Å². The molecule has 0 fully saturated rings. The molecule has 0 unspecified atom stereocenters. The third-order valence-electron chi connectivity index (χ3n) is 5.71. The van der Waals surface area contributed by atoms with E-state index in [1.165, 1.54) is 35.3 Å². The molecule has 12 heteroatoms. The van der Waals surface area contributed by atoms with Crippen LogP contribution in [0.2, 0.25) is 0 Å². The zero-order chi connectivity index (χ0) is 27.1. The van der Waals surface area contributed by atoms with Crippen LogP contribution < -0.4 is 14.8 Å². The Labute approximate surface area is 216 Å². The number of rotatable bonds is 10. The average Bonchev–Trinajstić information content (AvgIpc) is 3.57. The fourth-order valence-corrected chi connectivity index (χ4v) is 3.78. The van der Waals surface area contributed by atoms with Crippen molar-refractivity contribution in [3.63, 3.8) is 0 Å². The first-order valence-corrected chi connectivity index (χ1v) is 11.6. The van der Waals surface area contributed by atoms with Crippen LogP contribution in [0.4, 0.5) is 23.7 Å². The molecule has 0 aliphatic carbocycles. The fourth-order valence-electron chi connectivity index (χ4n) is 3.78. The lowest BCUT2D eigenvalue weighted by molar-refractivity contribution is -0.137. The predicted molar refractivity (Wildman–Crippen MR) is 129 cm³/mol. The molecule has 38 heavy (non-hydrogen) atoms. The van der Waals surface area contributed by atoms with Crippen molar-refractivity contribution >= 4 is 17.6 Å². The second-order valence-corrected chi connectivity index (χ2v) is 8.44. The quantitative estimate of drug-likeness (QED) is 0.405. The van der Waals surface area contributed by atoms with Gasteiger partial charge in [-0.1, -0.05) is 12.1 Å². The number of nitrogens with one attached hydrogen (secondary N) is 1. The van der Waals surface area contributed by atoms with Crippen molar-refractivity contribution in [3.05, 3.63) is 77.7 Å². The second-order valence-electron chi connectivity index (χ2n) is 8.44. The highest BCUT2D eigenvalue weighted by Gasteiger charge is 2.31. The summed E-state index contributed by atoms with van der Waals surface area (Å²) in [6.07, 6.45) is -3.07. The topological polar surface area (TPSA) is 93.5 Å². The Morgan fingerprint density at radius 2 is 1.82 bits per heavy atom. The molecule has 202 valence electrons. The number of halogens is 3. The van der Waals surface area contributed by atoms with Gasteiger partial charge in [0.2, 0.25) is 12.7 Å². The van der Waals surface area contributed by atoms with Gasteiger partial charge in [0, 0.05) is 25.9 Å². The van der Waals surface area contributed by atoms with Crippen LogP contribution >= 0.6 is 0 Å². The van der Waals surface area contributed by atoms with Gasteiger partial charge < -0.3 is 33.7 Å². The van der Waals surface area contributed by atoms with Crippen molar-refractivity contribution < 1.29 is 41.4 Å². The molecule has 4 rings (SSSR count). The van der Waals surface area contributed by atoms with Crippen molar-refractivity contribution in [2.45, 2.75) is 19.3 Å². The number of amides is 3. The lowest BCUT2D eigenvalue weighted by Gasteiger charge is -2.27. The summed E-state index contributed by atoms with van der Waals surface area (Å²) >= 11 is 0. The summed E-state index contributed by atoms with van der Waals surface area (Å²) < 4.78 is 60.5. The molecule has 0 spiro atoms. The van der Waals surface area contributed by atoms with Gasteiger partial charge >= 0.3 is 12.2 Å². The number of methoxy groups -OCH3 is 1. The zero-order valence-electron chi connectivity index (χ0n) is 20.5. The highest BCUT2D eigenvalue weighted by Crippen LogP contribution is 2.33. The summed E-state index contributed by atoms with van der Waals surface area (Å²) in [6, 6.07) is 12.3. The number of furan rings is 1. The van der Waals surface area contributed by atoms with Crippen LogP contribution in [0.1, 0.15) is 16.9 Å². The third-order valence-corrected chi connectivity index (χ3v) is 5.71. The van der Waals surface area contributed by atoms with Crippen LogP contribution in [-0.4, -0.2) is 55.3 Å². The minimum Gasteiger partial charge on any atom is -0.467 e. The molecule has 0 atom stereocenters. The lowest BCUT2D eigenvalue weighted by atomic mass is 10.2. The number of ether oxygens (including phenoxy) is 3. The van der Waals surface area contributed by atoms with Gasteiger partial charge in [0.1, 0.15) is 12.3 Å².